The highest BCUT2D eigenvalue weighted by Gasteiger charge is 2.14. The van der Waals surface area contributed by atoms with Gasteiger partial charge in [0.05, 0.1) is 19.8 Å². The molecule has 0 bridgehead atoms. The molecule has 2 aromatic rings. The lowest BCUT2D eigenvalue weighted by Crippen LogP contribution is -2.30. The minimum Gasteiger partial charge on any atom is -0.382 e. The molecule has 3 nitrogen and oxygen atoms in total. The lowest BCUT2D eigenvalue weighted by molar-refractivity contribution is 0.0518. The van der Waals surface area contributed by atoms with E-state index >= 15 is 0 Å². The highest BCUT2D eigenvalue weighted by atomic mass is 16.5. The maximum Gasteiger partial charge on any atom is 0.0700 e. The summed E-state index contributed by atoms with van der Waals surface area (Å²) in [7, 11) is 1.70. The molecular formula is C19H27NO2. The van der Waals surface area contributed by atoms with Gasteiger partial charge in [-0.3, -0.25) is 4.90 Å². The van der Waals surface area contributed by atoms with Crippen LogP contribution in [0.25, 0.3) is 10.8 Å². The monoisotopic (exact) mass is 301 g/mol. The minimum atomic E-state index is 0.389. The topological polar surface area (TPSA) is 21.7 Å². The van der Waals surface area contributed by atoms with Crippen molar-refractivity contribution in [1.29, 1.82) is 0 Å². The van der Waals surface area contributed by atoms with Gasteiger partial charge in [0.15, 0.2) is 0 Å². The fourth-order valence-electron chi connectivity index (χ4n) is 2.73. The molecule has 0 N–H and O–H groups in total. The molecule has 3 heteroatoms. The molecule has 22 heavy (non-hydrogen) atoms. The smallest absolute Gasteiger partial charge is 0.0700 e. The van der Waals surface area contributed by atoms with Gasteiger partial charge < -0.3 is 9.47 Å². The van der Waals surface area contributed by atoms with Crippen molar-refractivity contribution in [3.63, 3.8) is 0 Å². The second-order valence-corrected chi connectivity index (χ2v) is 5.52. The van der Waals surface area contributed by atoms with Gasteiger partial charge in [-0.2, -0.15) is 0 Å². The van der Waals surface area contributed by atoms with Gasteiger partial charge in [-0.25, -0.2) is 0 Å². The van der Waals surface area contributed by atoms with Crippen LogP contribution in [0.1, 0.15) is 25.5 Å². The fraction of sp³-hybridized carbons (Fsp3) is 0.474. The third-order valence-corrected chi connectivity index (χ3v) is 4.16. The number of likely N-dealkylation sites (N-methyl/N-ethyl adjacent to an activating group) is 1. The molecule has 0 aromatic heterocycles. The zero-order valence-electron chi connectivity index (χ0n) is 13.9. The van der Waals surface area contributed by atoms with Crippen LogP contribution in [0.2, 0.25) is 0 Å². The third kappa shape index (κ3) is 4.54. The molecule has 0 aliphatic rings. The predicted octanol–water partition coefficient (Wildman–Crippen LogP) is 3.89. The van der Waals surface area contributed by atoms with Gasteiger partial charge in [0.25, 0.3) is 0 Å². The van der Waals surface area contributed by atoms with E-state index in [0.29, 0.717) is 19.3 Å². The zero-order valence-corrected chi connectivity index (χ0v) is 13.9. The van der Waals surface area contributed by atoms with E-state index in [-0.39, 0.29) is 0 Å². The summed E-state index contributed by atoms with van der Waals surface area (Å²) >= 11 is 0. The number of hydrogen-bond acceptors (Lipinski definition) is 3. The molecular weight excluding hydrogens is 274 g/mol. The molecule has 2 aromatic carbocycles. The molecule has 0 fully saturated rings. The van der Waals surface area contributed by atoms with E-state index in [9.17, 15) is 0 Å². The zero-order chi connectivity index (χ0) is 15.8. The van der Waals surface area contributed by atoms with Crippen LogP contribution in [0.4, 0.5) is 0 Å². The van der Waals surface area contributed by atoms with E-state index in [0.717, 1.165) is 19.7 Å². The molecule has 1 unspecified atom stereocenters. The number of benzene rings is 2. The van der Waals surface area contributed by atoms with E-state index in [1.165, 1.54) is 16.3 Å². The Kier molecular flexibility index (Phi) is 6.84. The Morgan fingerprint density at radius 2 is 1.77 bits per heavy atom. The molecule has 120 valence electrons. The third-order valence-electron chi connectivity index (χ3n) is 4.16. The average Bonchev–Trinajstić information content (AvgIpc) is 2.57. The molecule has 1 atom stereocenters. The first kappa shape index (κ1) is 16.9. The predicted molar refractivity (Wildman–Crippen MR) is 92.3 cm³/mol. The first-order valence-electron chi connectivity index (χ1n) is 8.05. The number of fused-ring (bicyclic) bond motifs is 1. The summed E-state index contributed by atoms with van der Waals surface area (Å²) in [4.78, 5) is 2.44. The highest BCUT2D eigenvalue weighted by Crippen LogP contribution is 2.24. The van der Waals surface area contributed by atoms with Gasteiger partial charge in [0.1, 0.15) is 0 Å². The second kappa shape index (κ2) is 8.89. The van der Waals surface area contributed by atoms with Crippen molar-refractivity contribution in [1.82, 2.24) is 4.90 Å². The molecule has 0 heterocycles. The molecule has 0 spiro atoms. The quantitative estimate of drug-likeness (QED) is 0.656. The van der Waals surface area contributed by atoms with Crippen molar-refractivity contribution in [3.05, 3.63) is 48.0 Å². The Labute approximate surface area is 133 Å². The maximum absolute atomic E-state index is 5.60. The number of rotatable bonds is 9. The van der Waals surface area contributed by atoms with Crippen LogP contribution in [-0.2, 0) is 9.47 Å². The van der Waals surface area contributed by atoms with Crippen LogP contribution < -0.4 is 0 Å². The van der Waals surface area contributed by atoms with Gasteiger partial charge in [-0.1, -0.05) is 43.3 Å². The summed E-state index contributed by atoms with van der Waals surface area (Å²) < 4.78 is 10.6. The van der Waals surface area contributed by atoms with Crippen LogP contribution in [0.3, 0.4) is 0 Å². The second-order valence-electron chi connectivity index (χ2n) is 5.52. The number of ether oxygens (including phenoxy) is 2. The molecule has 0 aliphatic carbocycles. The van der Waals surface area contributed by atoms with Crippen LogP contribution in [0, 0.1) is 0 Å². The maximum atomic E-state index is 5.60. The molecule has 0 aliphatic heterocycles. The van der Waals surface area contributed by atoms with Crippen molar-refractivity contribution in [3.8, 4) is 0 Å². The van der Waals surface area contributed by atoms with Crippen LogP contribution in [0.5, 0.6) is 0 Å². The van der Waals surface area contributed by atoms with Crippen molar-refractivity contribution in [2.24, 2.45) is 0 Å². The van der Waals surface area contributed by atoms with E-state index < -0.39 is 0 Å². The summed E-state index contributed by atoms with van der Waals surface area (Å²) in [6, 6.07) is 15.7. The summed E-state index contributed by atoms with van der Waals surface area (Å²) in [5, 5.41) is 2.60. The molecule has 0 saturated carbocycles. The van der Waals surface area contributed by atoms with Crippen LogP contribution >= 0.6 is 0 Å². The SMILES string of the molecule is CCN(CCOCCOC)C(C)c1ccc2ccccc2c1. The summed E-state index contributed by atoms with van der Waals surface area (Å²) in [6.07, 6.45) is 0. The molecule has 0 radical (unpaired) electrons. The lowest BCUT2D eigenvalue weighted by Gasteiger charge is -2.28. The lowest BCUT2D eigenvalue weighted by atomic mass is 10.0. The van der Waals surface area contributed by atoms with E-state index in [4.69, 9.17) is 9.47 Å². The van der Waals surface area contributed by atoms with E-state index in [1.54, 1.807) is 7.11 Å². The van der Waals surface area contributed by atoms with Gasteiger partial charge in [-0.05, 0) is 35.9 Å². The fourth-order valence-corrected chi connectivity index (χ4v) is 2.73. The summed E-state index contributed by atoms with van der Waals surface area (Å²) in [5.41, 5.74) is 1.36. The Hall–Kier alpha value is -1.42. The number of hydrogen-bond donors (Lipinski definition) is 0. The first-order valence-corrected chi connectivity index (χ1v) is 8.05. The van der Waals surface area contributed by atoms with E-state index in [2.05, 4.69) is 61.2 Å². The van der Waals surface area contributed by atoms with Crippen molar-refractivity contribution < 1.29 is 9.47 Å². The Morgan fingerprint density at radius 3 is 2.50 bits per heavy atom. The van der Waals surface area contributed by atoms with Crippen molar-refractivity contribution in [2.45, 2.75) is 19.9 Å². The molecule has 2 rings (SSSR count). The first-order chi connectivity index (χ1) is 10.8. The average molecular weight is 301 g/mol. The minimum absolute atomic E-state index is 0.389. The molecule has 0 saturated heterocycles. The Morgan fingerprint density at radius 1 is 1.00 bits per heavy atom. The summed E-state index contributed by atoms with van der Waals surface area (Å²) in [6.45, 7) is 8.49. The van der Waals surface area contributed by atoms with Crippen molar-refractivity contribution in [2.75, 3.05) is 40.0 Å². The van der Waals surface area contributed by atoms with E-state index in [1.807, 2.05) is 0 Å². The van der Waals surface area contributed by atoms with Crippen LogP contribution in [-0.4, -0.2) is 44.9 Å². The molecule has 0 amide bonds. The number of methoxy groups -OCH3 is 1. The van der Waals surface area contributed by atoms with Gasteiger partial charge in [-0.15, -0.1) is 0 Å². The van der Waals surface area contributed by atoms with Gasteiger partial charge >= 0.3 is 0 Å². The highest BCUT2D eigenvalue weighted by molar-refractivity contribution is 5.83. The van der Waals surface area contributed by atoms with Gasteiger partial charge in [0.2, 0.25) is 0 Å². The Balaban J connectivity index is 1.98. The standard InChI is InChI=1S/C19H27NO2/c1-4-20(11-12-22-14-13-21-3)16(2)18-10-9-17-7-5-6-8-19(17)15-18/h5-10,15-16H,4,11-14H2,1-3H3. The summed E-state index contributed by atoms with van der Waals surface area (Å²) in [5.74, 6) is 0. The Bertz CT molecular complexity index is 570. The van der Waals surface area contributed by atoms with Crippen molar-refractivity contribution >= 4 is 10.8 Å². The largest absolute Gasteiger partial charge is 0.382 e. The number of nitrogens with zero attached hydrogens (tertiary/aromatic N) is 1. The normalized spacial score (nSPS) is 12.9. The van der Waals surface area contributed by atoms with Crippen LogP contribution in [0.15, 0.2) is 42.5 Å². The van der Waals surface area contributed by atoms with Gasteiger partial charge in [0, 0.05) is 19.7 Å².